The quantitative estimate of drug-likeness (QED) is 0.879. The first-order chi connectivity index (χ1) is 9.90. The second-order valence-corrected chi connectivity index (χ2v) is 6.87. The van der Waals surface area contributed by atoms with E-state index in [0.29, 0.717) is 11.6 Å². The van der Waals surface area contributed by atoms with E-state index < -0.39 is 9.84 Å². The smallest absolute Gasteiger partial charge is 0.255 e. The summed E-state index contributed by atoms with van der Waals surface area (Å²) in [5.74, 6) is -0.0139. The highest BCUT2D eigenvalue weighted by atomic mass is 35.5. The molecular weight excluding hydrogens is 310 g/mol. The number of benzene rings is 2. The summed E-state index contributed by atoms with van der Waals surface area (Å²) in [4.78, 5) is 12.3. The Balaban J connectivity index is 2.24. The van der Waals surface area contributed by atoms with E-state index in [9.17, 15) is 13.2 Å². The number of rotatable bonds is 4. The first kappa shape index (κ1) is 15.5. The monoisotopic (exact) mass is 323 g/mol. The summed E-state index contributed by atoms with van der Waals surface area (Å²) in [7, 11) is -3.34. The molecule has 0 aliphatic carbocycles. The van der Waals surface area contributed by atoms with Crippen LogP contribution in [0.25, 0.3) is 0 Å². The Morgan fingerprint density at radius 1 is 1.14 bits per heavy atom. The van der Waals surface area contributed by atoms with Gasteiger partial charge >= 0.3 is 0 Å². The fourth-order valence-corrected chi connectivity index (χ4v) is 2.64. The van der Waals surface area contributed by atoms with Crippen LogP contribution in [0.5, 0.6) is 0 Å². The third-order valence-electron chi connectivity index (χ3n) is 2.86. The van der Waals surface area contributed by atoms with E-state index >= 15 is 0 Å². The van der Waals surface area contributed by atoms with Gasteiger partial charge in [-0.1, -0.05) is 18.2 Å². The van der Waals surface area contributed by atoms with Crippen LogP contribution in [0.1, 0.15) is 15.9 Å². The lowest BCUT2D eigenvalue weighted by atomic mass is 10.2. The number of hydrogen-bond acceptors (Lipinski definition) is 3. The molecule has 6 heteroatoms. The summed E-state index contributed by atoms with van der Waals surface area (Å²) in [6, 6.07) is 13.1. The van der Waals surface area contributed by atoms with Crippen LogP contribution < -0.4 is 5.32 Å². The predicted octanol–water partition coefficient (Wildman–Crippen LogP) is 3.08. The molecule has 0 fully saturated rings. The Bertz CT molecular complexity index is 772. The molecule has 0 spiro atoms. The number of alkyl halides is 1. The molecule has 1 N–H and O–H groups in total. The average Bonchev–Trinajstić information content (AvgIpc) is 2.46. The fourth-order valence-electron chi connectivity index (χ4n) is 1.80. The Labute approximate surface area is 128 Å². The van der Waals surface area contributed by atoms with Crippen LogP contribution in [-0.2, 0) is 15.7 Å². The molecule has 110 valence electrons. The maximum atomic E-state index is 12.2. The van der Waals surface area contributed by atoms with Crippen LogP contribution in [0, 0.1) is 0 Å². The minimum atomic E-state index is -3.34. The van der Waals surface area contributed by atoms with Gasteiger partial charge in [-0.3, -0.25) is 4.79 Å². The van der Waals surface area contributed by atoms with Crippen molar-refractivity contribution in [3.63, 3.8) is 0 Å². The maximum Gasteiger partial charge on any atom is 0.255 e. The van der Waals surface area contributed by atoms with Crippen molar-refractivity contribution in [2.24, 2.45) is 0 Å². The van der Waals surface area contributed by atoms with Crippen LogP contribution in [0.4, 0.5) is 5.69 Å². The summed E-state index contributed by atoms with van der Waals surface area (Å²) in [6.45, 7) is 0. The molecule has 0 saturated carbocycles. The van der Waals surface area contributed by atoms with E-state index in [0.717, 1.165) is 11.8 Å². The molecule has 0 radical (unpaired) electrons. The summed E-state index contributed by atoms with van der Waals surface area (Å²) < 4.78 is 23.0. The summed E-state index contributed by atoms with van der Waals surface area (Å²) in [6.07, 6.45) is 1.11. The van der Waals surface area contributed by atoms with Gasteiger partial charge in [-0.15, -0.1) is 11.6 Å². The molecule has 2 aromatic rings. The lowest BCUT2D eigenvalue weighted by Gasteiger charge is -2.07. The molecule has 2 rings (SSSR count). The SMILES string of the molecule is CS(=O)(=O)c1cccc(C(=O)Nc2cccc(CCl)c2)c1. The Hall–Kier alpha value is -1.85. The minimum Gasteiger partial charge on any atom is -0.322 e. The van der Waals surface area contributed by atoms with Gasteiger partial charge < -0.3 is 5.32 Å². The Morgan fingerprint density at radius 2 is 1.86 bits per heavy atom. The highest BCUT2D eigenvalue weighted by Gasteiger charge is 2.11. The van der Waals surface area contributed by atoms with E-state index in [4.69, 9.17) is 11.6 Å². The number of carbonyl (C=O) groups is 1. The molecule has 2 aromatic carbocycles. The van der Waals surface area contributed by atoms with Gasteiger partial charge in [0.2, 0.25) is 0 Å². The standard InChI is InChI=1S/C15H14ClNO3S/c1-21(19,20)14-7-3-5-12(9-14)15(18)17-13-6-2-4-11(8-13)10-16/h2-9H,10H2,1H3,(H,17,18). The molecule has 4 nitrogen and oxygen atoms in total. The molecular formula is C15H14ClNO3S. The Kier molecular flexibility index (Phi) is 4.65. The van der Waals surface area contributed by atoms with Gasteiger partial charge in [0.25, 0.3) is 5.91 Å². The first-order valence-corrected chi connectivity index (χ1v) is 8.59. The van der Waals surface area contributed by atoms with Gasteiger partial charge in [0, 0.05) is 23.4 Å². The zero-order chi connectivity index (χ0) is 15.5. The summed E-state index contributed by atoms with van der Waals surface area (Å²) in [5.41, 5.74) is 1.79. The average molecular weight is 324 g/mol. The molecule has 1 amide bonds. The van der Waals surface area contributed by atoms with Gasteiger partial charge in [-0.25, -0.2) is 8.42 Å². The Morgan fingerprint density at radius 3 is 2.52 bits per heavy atom. The summed E-state index contributed by atoms with van der Waals surface area (Å²) >= 11 is 5.74. The molecule has 0 bridgehead atoms. The number of carbonyl (C=O) groups excluding carboxylic acids is 1. The second-order valence-electron chi connectivity index (χ2n) is 4.59. The van der Waals surface area contributed by atoms with Crippen molar-refractivity contribution in [1.82, 2.24) is 0 Å². The van der Waals surface area contributed by atoms with Gasteiger partial charge in [-0.2, -0.15) is 0 Å². The van der Waals surface area contributed by atoms with Gasteiger partial charge in [0.15, 0.2) is 9.84 Å². The fraction of sp³-hybridized carbons (Fsp3) is 0.133. The highest BCUT2D eigenvalue weighted by molar-refractivity contribution is 7.90. The van der Waals surface area contributed by atoms with Crippen molar-refractivity contribution in [2.45, 2.75) is 10.8 Å². The van der Waals surface area contributed by atoms with Crippen molar-refractivity contribution in [1.29, 1.82) is 0 Å². The molecule has 0 saturated heterocycles. The second kappa shape index (κ2) is 6.28. The summed E-state index contributed by atoms with van der Waals surface area (Å²) in [5, 5.41) is 2.72. The van der Waals surface area contributed by atoms with Crippen molar-refractivity contribution in [3.05, 3.63) is 59.7 Å². The van der Waals surface area contributed by atoms with E-state index in [1.807, 2.05) is 6.07 Å². The third-order valence-corrected chi connectivity index (χ3v) is 4.28. The number of nitrogens with one attached hydrogen (secondary N) is 1. The number of sulfone groups is 1. The lowest BCUT2D eigenvalue weighted by Crippen LogP contribution is -2.12. The topological polar surface area (TPSA) is 63.2 Å². The van der Waals surface area contributed by atoms with E-state index in [1.165, 1.54) is 12.1 Å². The number of anilines is 1. The van der Waals surface area contributed by atoms with Crippen molar-refractivity contribution >= 4 is 33.0 Å². The maximum absolute atomic E-state index is 12.2. The van der Waals surface area contributed by atoms with Crippen molar-refractivity contribution in [2.75, 3.05) is 11.6 Å². The van der Waals surface area contributed by atoms with Gasteiger partial charge in [0.05, 0.1) is 4.90 Å². The third kappa shape index (κ3) is 4.06. The predicted molar refractivity (Wildman–Crippen MR) is 83.5 cm³/mol. The number of halogens is 1. The lowest BCUT2D eigenvalue weighted by molar-refractivity contribution is 0.102. The first-order valence-electron chi connectivity index (χ1n) is 6.16. The van der Waals surface area contributed by atoms with Crippen LogP contribution in [-0.4, -0.2) is 20.6 Å². The van der Waals surface area contributed by atoms with Crippen LogP contribution in [0.2, 0.25) is 0 Å². The molecule has 0 unspecified atom stereocenters. The van der Waals surface area contributed by atoms with Gasteiger partial charge in [0.1, 0.15) is 0 Å². The highest BCUT2D eigenvalue weighted by Crippen LogP contribution is 2.16. The van der Waals surface area contributed by atoms with E-state index in [1.54, 1.807) is 30.3 Å². The zero-order valence-corrected chi connectivity index (χ0v) is 12.9. The van der Waals surface area contributed by atoms with Crippen molar-refractivity contribution < 1.29 is 13.2 Å². The van der Waals surface area contributed by atoms with E-state index in [2.05, 4.69) is 5.32 Å². The molecule has 21 heavy (non-hydrogen) atoms. The number of amides is 1. The normalized spacial score (nSPS) is 11.1. The van der Waals surface area contributed by atoms with Crippen molar-refractivity contribution in [3.8, 4) is 0 Å². The zero-order valence-electron chi connectivity index (χ0n) is 11.3. The van der Waals surface area contributed by atoms with Crippen LogP contribution >= 0.6 is 11.6 Å². The van der Waals surface area contributed by atoms with Gasteiger partial charge in [-0.05, 0) is 35.9 Å². The van der Waals surface area contributed by atoms with Crippen LogP contribution in [0.15, 0.2) is 53.4 Å². The van der Waals surface area contributed by atoms with E-state index in [-0.39, 0.29) is 16.4 Å². The number of hydrogen-bond donors (Lipinski definition) is 1. The molecule has 0 aliphatic rings. The molecule has 0 aromatic heterocycles. The van der Waals surface area contributed by atoms with Crippen LogP contribution in [0.3, 0.4) is 0 Å². The minimum absolute atomic E-state index is 0.115. The molecule has 0 atom stereocenters. The largest absolute Gasteiger partial charge is 0.322 e. The molecule has 0 heterocycles. The molecule has 0 aliphatic heterocycles.